The second kappa shape index (κ2) is 3.77. The number of nitrogens with zero attached hydrogens (tertiary/aromatic N) is 3. The highest BCUT2D eigenvalue weighted by Gasteiger charge is 2.14. The average Bonchev–Trinajstić information content (AvgIpc) is 2.51. The summed E-state index contributed by atoms with van der Waals surface area (Å²) in [5.41, 5.74) is 6.39. The van der Waals surface area contributed by atoms with Gasteiger partial charge in [0.15, 0.2) is 0 Å². The molecule has 0 bridgehead atoms. The topological polar surface area (TPSA) is 90.5 Å². The maximum atomic E-state index is 10.7. The summed E-state index contributed by atoms with van der Waals surface area (Å²) in [4.78, 5) is 18.9. The Balaban J connectivity index is 2.96. The predicted octanol–water partition coefficient (Wildman–Crippen LogP) is -0.626. The Morgan fingerprint density at radius 2 is 2.58 bits per heavy atom. The first-order valence-electron chi connectivity index (χ1n) is 2.93. The van der Waals surface area contributed by atoms with Crippen molar-refractivity contribution in [3.63, 3.8) is 0 Å². The average molecular weight is 186 g/mol. The molecule has 0 radical (unpaired) electrons. The Bertz CT molecular complexity index is 294. The maximum Gasteiger partial charge on any atom is 0.274 e. The molecule has 0 atom stereocenters. The van der Waals surface area contributed by atoms with Gasteiger partial charge in [-0.3, -0.25) is 4.79 Å². The molecular weight excluding hydrogens is 180 g/mol. The molecule has 0 aromatic carbocycles. The van der Waals surface area contributed by atoms with Crippen LogP contribution in [0.25, 0.3) is 0 Å². The van der Waals surface area contributed by atoms with Crippen LogP contribution in [0.5, 0.6) is 0 Å². The second-order valence-electron chi connectivity index (χ2n) is 1.74. The molecule has 0 aliphatic rings. The fourth-order valence-electron chi connectivity index (χ4n) is 0.562. The molecule has 0 fully saturated rings. The predicted molar refractivity (Wildman–Crippen MR) is 42.6 cm³/mol. The number of hydrogen-bond acceptors (Lipinski definition) is 6. The van der Waals surface area contributed by atoms with E-state index in [1.807, 2.05) is 0 Å². The van der Waals surface area contributed by atoms with Gasteiger partial charge in [0.2, 0.25) is 11.5 Å². The van der Waals surface area contributed by atoms with Crippen molar-refractivity contribution < 1.29 is 9.63 Å². The Morgan fingerprint density at radius 3 is 3.00 bits per heavy atom. The lowest BCUT2D eigenvalue weighted by Gasteiger charge is -1.93. The van der Waals surface area contributed by atoms with Gasteiger partial charge in [-0.15, -0.1) is 0 Å². The summed E-state index contributed by atoms with van der Waals surface area (Å²) < 4.78 is 3.78. The monoisotopic (exact) mass is 186 g/mol. The number of primary amides is 1. The largest absolute Gasteiger partial charge is 0.398 e. The lowest BCUT2D eigenvalue weighted by Crippen LogP contribution is -2.25. The zero-order valence-corrected chi connectivity index (χ0v) is 7.04. The number of carbonyl (C=O) groups is 1. The van der Waals surface area contributed by atoms with Crippen LogP contribution in [0.1, 0.15) is 5.82 Å². The molecule has 1 heterocycles. The number of rotatable bonds is 3. The van der Waals surface area contributed by atoms with Crippen LogP contribution >= 0.6 is 11.5 Å². The Kier molecular flexibility index (Phi) is 2.70. The van der Waals surface area contributed by atoms with E-state index in [-0.39, 0.29) is 11.5 Å². The van der Waals surface area contributed by atoms with E-state index in [0.717, 1.165) is 11.5 Å². The molecule has 7 heteroatoms. The third-order valence-electron chi connectivity index (χ3n) is 0.989. The van der Waals surface area contributed by atoms with Crippen molar-refractivity contribution in [3.05, 3.63) is 11.3 Å². The van der Waals surface area contributed by atoms with Crippen LogP contribution in [0.4, 0.5) is 0 Å². The van der Waals surface area contributed by atoms with Gasteiger partial charge in [0, 0.05) is 0 Å². The highest BCUT2D eigenvalue weighted by Crippen LogP contribution is 1.96. The van der Waals surface area contributed by atoms with Crippen LogP contribution in [-0.4, -0.2) is 28.1 Å². The molecule has 12 heavy (non-hydrogen) atoms. The molecular formula is C5H6N4O2S. The van der Waals surface area contributed by atoms with Gasteiger partial charge in [-0.05, 0) is 11.5 Å². The van der Waals surface area contributed by atoms with Crippen LogP contribution in [0, 0.1) is 0 Å². The van der Waals surface area contributed by atoms with Crippen LogP contribution in [0.15, 0.2) is 10.7 Å². The molecule has 1 aromatic heterocycles. The minimum atomic E-state index is -0.713. The first kappa shape index (κ1) is 8.60. The maximum absolute atomic E-state index is 10.7. The zero-order chi connectivity index (χ0) is 8.97. The summed E-state index contributed by atoms with van der Waals surface area (Å²) in [6.07, 6.45) is 0. The summed E-state index contributed by atoms with van der Waals surface area (Å²) in [7, 11) is 1.31. The summed E-state index contributed by atoms with van der Waals surface area (Å²) in [6, 6.07) is 0. The minimum Gasteiger partial charge on any atom is -0.398 e. The summed E-state index contributed by atoms with van der Waals surface area (Å²) >= 11 is 1.11. The first-order valence-corrected chi connectivity index (χ1v) is 3.77. The van der Waals surface area contributed by atoms with Crippen LogP contribution in [0.2, 0.25) is 0 Å². The third kappa shape index (κ3) is 1.76. The number of carbonyl (C=O) groups excluding carboxylic acids is 1. The molecule has 0 aliphatic heterocycles. The molecule has 1 rings (SSSR count). The quantitative estimate of drug-likeness (QED) is 0.502. The third-order valence-corrected chi connectivity index (χ3v) is 1.47. The van der Waals surface area contributed by atoms with Crippen molar-refractivity contribution >= 4 is 23.2 Å². The van der Waals surface area contributed by atoms with Gasteiger partial charge in [0.05, 0.1) is 0 Å². The number of nitrogens with two attached hydrogens (primary N) is 1. The molecule has 1 aromatic rings. The Morgan fingerprint density at radius 1 is 1.83 bits per heavy atom. The first-order chi connectivity index (χ1) is 5.75. The van der Waals surface area contributed by atoms with E-state index in [1.165, 1.54) is 12.6 Å². The summed E-state index contributed by atoms with van der Waals surface area (Å²) in [5, 5.41) is 3.39. The second-order valence-corrected chi connectivity index (χ2v) is 2.35. The van der Waals surface area contributed by atoms with Crippen molar-refractivity contribution in [2.45, 2.75) is 0 Å². The van der Waals surface area contributed by atoms with E-state index < -0.39 is 5.91 Å². The van der Waals surface area contributed by atoms with Crippen LogP contribution < -0.4 is 5.73 Å². The molecule has 0 saturated carbocycles. The van der Waals surface area contributed by atoms with E-state index in [0.29, 0.717) is 0 Å². The molecule has 0 aliphatic carbocycles. The van der Waals surface area contributed by atoms with Crippen molar-refractivity contribution in [1.82, 2.24) is 9.36 Å². The van der Waals surface area contributed by atoms with Crippen molar-refractivity contribution in [2.75, 3.05) is 7.11 Å². The lowest BCUT2D eigenvalue weighted by atomic mass is 10.3. The van der Waals surface area contributed by atoms with Gasteiger partial charge in [-0.1, -0.05) is 5.16 Å². The molecule has 64 valence electrons. The van der Waals surface area contributed by atoms with E-state index >= 15 is 0 Å². The van der Waals surface area contributed by atoms with E-state index in [4.69, 9.17) is 5.73 Å². The SMILES string of the molecule is CO/N=C(/C(N)=O)c1ncsn1. The van der Waals surface area contributed by atoms with Crippen molar-refractivity contribution in [3.8, 4) is 0 Å². The molecule has 0 unspecified atom stereocenters. The molecule has 0 spiro atoms. The minimum absolute atomic E-state index is 0.0706. The standard InChI is InChI=1S/C5H6N4O2S/c1-11-8-3(4(6)10)5-7-2-12-9-5/h2H,1H3,(H2,6,10)/b8-3-. The Labute approximate surface area is 72.2 Å². The molecule has 0 saturated heterocycles. The van der Waals surface area contributed by atoms with Crippen LogP contribution in [0.3, 0.4) is 0 Å². The van der Waals surface area contributed by atoms with Gasteiger partial charge in [0.1, 0.15) is 12.6 Å². The smallest absolute Gasteiger partial charge is 0.274 e. The van der Waals surface area contributed by atoms with E-state index in [2.05, 4.69) is 19.4 Å². The number of aromatic nitrogens is 2. The van der Waals surface area contributed by atoms with E-state index in [1.54, 1.807) is 0 Å². The number of hydrogen-bond donors (Lipinski definition) is 1. The van der Waals surface area contributed by atoms with Gasteiger partial charge in [-0.25, -0.2) is 4.98 Å². The van der Waals surface area contributed by atoms with Gasteiger partial charge in [-0.2, -0.15) is 4.37 Å². The highest BCUT2D eigenvalue weighted by atomic mass is 32.1. The number of amides is 1. The normalized spacial score (nSPS) is 11.2. The van der Waals surface area contributed by atoms with Crippen molar-refractivity contribution in [1.29, 1.82) is 0 Å². The summed E-state index contributed by atoms with van der Waals surface area (Å²) in [6.45, 7) is 0. The van der Waals surface area contributed by atoms with E-state index in [9.17, 15) is 4.79 Å². The lowest BCUT2D eigenvalue weighted by molar-refractivity contribution is -0.112. The zero-order valence-electron chi connectivity index (χ0n) is 6.22. The van der Waals surface area contributed by atoms with Crippen molar-refractivity contribution in [2.24, 2.45) is 10.9 Å². The fourth-order valence-corrected chi connectivity index (χ4v) is 0.990. The fraction of sp³-hybridized carbons (Fsp3) is 0.200. The summed E-state index contributed by atoms with van der Waals surface area (Å²) in [5.74, 6) is -0.524. The van der Waals surface area contributed by atoms with Gasteiger partial charge >= 0.3 is 0 Å². The van der Waals surface area contributed by atoms with Gasteiger partial charge < -0.3 is 10.6 Å². The Hall–Kier alpha value is -1.50. The van der Waals surface area contributed by atoms with Crippen LogP contribution in [-0.2, 0) is 9.63 Å². The number of oxime groups is 1. The molecule has 6 nitrogen and oxygen atoms in total. The highest BCUT2D eigenvalue weighted by molar-refractivity contribution is 7.03. The van der Waals surface area contributed by atoms with Gasteiger partial charge in [0.25, 0.3) is 5.91 Å². The molecule has 2 N–H and O–H groups in total. The molecule has 1 amide bonds.